The van der Waals surface area contributed by atoms with Crippen LogP contribution >= 0.6 is 0 Å². The van der Waals surface area contributed by atoms with Crippen LogP contribution in [0.3, 0.4) is 0 Å². The first-order valence-electron chi connectivity index (χ1n) is 6.38. The van der Waals surface area contributed by atoms with Gasteiger partial charge in [-0.3, -0.25) is 4.98 Å². The van der Waals surface area contributed by atoms with Gasteiger partial charge in [0.05, 0.1) is 0 Å². The number of pyridine rings is 1. The predicted octanol–water partition coefficient (Wildman–Crippen LogP) is 3.09. The molecule has 0 aliphatic heterocycles. The molecule has 1 heterocycles. The summed E-state index contributed by atoms with van der Waals surface area (Å²) in [6, 6.07) is 9.40. The van der Waals surface area contributed by atoms with Crippen molar-refractivity contribution < 1.29 is 0 Å². The van der Waals surface area contributed by atoms with E-state index in [1.807, 2.05) is 12.4 Å². The first-order valence-corrected chi connectivity index (χ1v) is 6.38. The van der Waals surface area contributed by atoms with Gasteiger partial charge in [0.2, 0.25) is 0 Å². The number of benzene rings is 1. The third-order valence-corrected chi connectivity index (χ3v) is 4.00. The van der Waals surface area contributed by atoms with E-state index in [1.54, 1.807) is 0 Å². The smallest absolute Gasteiger partial charge is 0.0349 e. The number of rotatable bonds is 2. The van der Waals surface area contributed by atoms with Crippen molar-refractivity contribution in [2.45, 2.75) is 31.2 Å². The molecule has 0 amide bonds. The second-order valence-corrected chi connectivity index (χ2v) is 4.94. The molecule has 2 heteroatoms. The number of aromatic nitrogens is 1. The second-order valence-electron chi connectivity index (χ2n) is 4.94. The van der Waals surface area contributed by atoms with Crippen LogP contribution < -0.4 is 5.32 Å². The number of nitrogens with zero attached hydrogens (tertiary/aromatic N) is 1. The van der Waals surface area contributed by atoms with Crippen molar-refractivity contribution >= 4 is 10.8 Å². The maximum absolute atomic E-state index is 4.27. The average Bonchev–Trinajstić information content (AvgIpc) is 2.87. The summed E-state index contributed by atoms with van der Waals surface area (Å²) in [5, 5.41) is 6.04. The van der Waals surface area contributed by atoms with Crippen LogP contribution in [0.15, 0.2) is 36.7 Å². The summed E-state index contributed by atoms with van der Waals surface area (Å²) in [4.78, 5) is 4.27. The minimum Gasteiger partial charge on any atom is -0.317 e. The number of hydrogen-bond donors (Lipinski definition) is 1. The highest BCUT2D eigenvalue weighted by Gasteiger charge is 2.25. The van der Waals surface area contributed by atoms with Gasteiger partial charge in [0.15, 0.2) is 0 Å². The van der Waals surface area contributed by atoms with E-state index in [4.69, 9.17) is 0 Å². The lowest BCUT2D eigenvalue weighted by Crippen LogP contribution is -2.21. The summed E-state index contributed by atoms with van der Waals surface area (Å²) in [7, 11) is 2.07. The number of nitrogens with one attached hydrogen (secondary N) is 1. The van der Waals surface area contributed by atoms with E-state index in [0.29, 0.717) is 12.0 Å². The van der Waals surface area contributed by atoms with Gasteiger partial charge in [-0.25, -0.2) is 0 Å². The first kappa shape index (κ1) is 10.7. The Labute approximate surface area is 102 Å². The molecular formula is C15H18N2. The molecule has 2 aromatic rings. The van der Waals surface area contributed by atoms with Gasteiger partial charge >= 0.3 is 0 Å². The maximum atomic E-state index is 4.27. The van der Waals surface area contributed by atoms with Gasteiger partial charge in [-0.2, -0.15) is 0 Å². The van der Waals surface area contributed by atoms with Crippen LogP contribution in [0.4, 0.5) is 0 Å². The van der Waals surface area contributed by atoms with E-state index in [-0.39, 0.29) is 0 Å². The normalized spacial score (nSPS) is 24.3. The topological polar surface area (TPSA) is 24.9 Å². The lowest BCUT2D eigenvalue weighted by atomic mass is 9.93. The van der Waals surface area contributed by atoms with Crippen LogP contribution in [0.2, 0.25) is 0 Å². The van der Waals surface area contributed by atoms with Gasteiger partial charge in [0, 0.05) is 23.8 Å². The minimum absolute atomic E-state index is 0.687. The van der Waals surface area contributed by atoms with Crippen molar-refractivity contribution in [1.82, 2.24) is 10.3 Å². The summed E-state index contributed by atoms with van der Waals surface area (Å²) in [5.41, 5.74) is 1.48. The molecule has 0 bridgehead atoms. The lowest BCUT2D eigenvalue weighted by Gasteiger charge is -2.13. The van der Waals surface area contributed by atoms with E-state index in [0.717, 1.165) is 0 Å². The van der Waals surface area contributed by atoms with Crippen LogP contribution in [0.1, 0.15) is 30.7 Å². The molecule has 0 radical (unpaired) electrons. The molecule has 1 aliphatic carbocycles. The summed E-state index contributed by atoms with van der Waals surface area (Å²) in [6.07, 6.45) is 7.72. The summed E-state index contributed by atoms with van der Waals surface area (Å²) >= 11 is 0. The van der Waals surface area contributed by atoms with Crippen LogP contribution in [0.25, 0.3) is 10.8 Å². The van der Waals surface area contributed by atoms with Crippen molar-refractivity contribution in [2.75, 3.05) is 7.05 Å². The third-order valence-electron chi connectivity index (χ3n) is 4.00. The Kier molecular flexibility index (Phi) is 2.81. The molecule has 2 unspecified atom stereocenters. The SMILES string of the molecule is CNC1CCC(c2cccc3ccncc23)C1. The summed E-state index contributed by atoms with van der Waals surface area (Å²) < 4.78 is 0. The predicted molar refractivity (Wildman–Crippen MR) is 71.2 cm³/mol. The Balaban J connectivity index is 2.00. The summed E-state index contributed by atoms with van der Waals surface area (Å²) in [6.45, 7) is 0. The van der Waals surface area contributed by atoms with Gasteiger partial charge in [-0.1, -0.05) is 18.2 Å². The molecule has 1 N–H and O–H groups in total. The Morgan fingerprint density at radius 2 is 2.18 bits per heavy atom. The van der Waals surface area contributed by atoms with Crippen LogP contribution in [-0.2, 0) is 0 Å². The van der Waals surface area contributed by atoms with E-state index < -0.39 is 0 Å². The molecule has 17 heavy (non-hydrogen) atoms. The molecule has 0 saturated heterocycles. The molecule has 1 aliphatic rings. The Morgan fingerprint density at radius 1 is 1.24 bits per heavy atom. The molecule has 1 aromatic carbocycles. The summed E-state index contributed by atoms with van der Waals surface area (Å²) in [5.74, 6) is 0.695. The van der Waals surface area contributed by atoms with Gasteiger partial charge in [0.1, 0.15) is 0 Å². The molecule has 1 aromatic heterocycles. The van der Waals surface area contributed by atoms with Crippen molar-refractivity contribution in [3.8, 4) is 0 Å². The monoisotopic (exact) mass is 226 g/mol. The number of fused-ring (bicyclic) bond motifs is 1. The van der Waals surface area contributed by atoms with Crippen molar-refractivity contribution in [3.05, 3.63) is 42.2 Å². The second kappa shape index (κ2) is 4.46. The zero-order valence-electron chi connectivity index (χ0n) is 10.2. The molecule has 88 valence electrons. The van der Waals surface area contributed by atoms with Crippen LogP contribution in [-0.4, -0.2) is 18.1 Å². The van der Waals surface area contributed by atoms with Crippen molar-refractivity contribution in [3.63, 3.8) is 0 Å². The zero-order valence-corrected chi connectivity index (χ0v) is 10.2. The Bertz CT molecular complexity index is 516. The molecule has 2 nitrogen and oxygen atoms in total. The molecular weight excluding hydrogens is 208 g/mol. The fraction of sp³-hybridized carbons (Fsp3) is 0.400. The van der Waals surface area contributed by atoms with Gasteiger partial charge in [0.25, 0.3) is 0 Å². The van der Waals surface area contributed by atoms with Crippen molar-refractivity contribution in [1.29, 1.82) is 0 Å². The lowest BCUT2D eigenvalue weighted by molar-refractivity contribution is 0.572. The molecule has 0 spiro atoms. The molecule has 1 fully saturated rings. The fourth-order valence-electron chi connectivity index (χ4n) is 3.02. The van der Waals surface area contributed by atoms with E-state index in [9.17, 15) is 0 Å². The molecule has 1 saturated carbocycles. The van der Waals surface area contributed by atoms with E-state index in [1.165, 1.54) is 35.6 Å². The first-order chi connectivity index (χ1) is 8.38. The molecule has 2 atom stereocenters. The standard InChI is InChI=1S/C15H18N2/c1-16-13-6-5-12(9-13)14-4-2-3-11-7-8-17-10-15(11)14/h2-4,7-8,10,12-13,16H,5-6,9H2,1H3. The Hall–Kier alpha value is -1.41. The largest absolute Gasteiger partial charge is 0.317 e. The minimum atomic E-state index is 0.687. The van der Waals surface area contributed by atoms with Gasteiger partial charge in [-0.15, -0.1) is 0 Å². The average molecular weight is 226 g/mol. The maximum Gasteiger partial charge on any atom is 0.0349 e. The Morgan fingerprint density at radius 3 is 3.00 bits per heavy atom. The fourth-order valence-corrected chi connectivity index (χ4v) is 3.02. The highest BCUT2D eigenvalue weighted by atomic mass is 14.9. The zero-order chi connectivity index (χ0) is 11.7. The van der Waals surface area contributed by atoms with E-state index in [2.05, 4.69) is 41.6 Å². The molecule has 3 rings (SSSR count). The van der Waals surface area contributed by atoms with Crippen LogP contribution in [0.5, 0.6) is 0 Å². The van der Waals surface area contributed by atoms with Crippen LogP contribution in [0, 0.1) is 0 Å². The number of hydrogen-bond acceptors (Lipinski definition) is 2. The quantitative estimate of drug-likeness (QED) is 0.851. The van der Waals surface area contributed by atoms with Gasteiger partial charge < -0.3 is 5.32 Å². The van der Waals surface area contributed by atoms with E-state index >= 15 is 0 Å². The van der Waals surface area contributed by atoms with Crippen molar-refractivity contribution in [2.24, 2.45) is 0 Å². The highest BCUT2D eigenvalue weighted by molar-refractivity contribution is 5.85. The third kappa shape index (κ3) is 1.93. The highest BCUT2D eigenvalue weighted by Crippen LogP contribution is 2.37. The van der Waals surface area contributed by atoms with Gasteiger partial charge in [-0.05, 0) is 49.2 Å².